The molecule has 1 N–H and O–H groups in total. The third kappa shape index (κ3) is 4.47. The number of sulfonamides is 1. The number of nitrogens with zero attached hydrogens (tertiary/aromatic N) is 1. The average Bonchev–Trinajstić information content (AvgIpc) is 2.52. The van der Waals surface area contributed by atoms with Gasteiger partial charge >= 0.3 is 0 Å². The van der Waals surface area contributed by atoms with Crippen LogP contribution < -0.4 is 9.62 Å². The summed E-state index contributed by atoms with van der Waals surface area (Å²) >= 11 is 0. The molecule has 0 aliphatic carbocycles. The summed E-state index contributed by atoms with van der Waals surface area (Å²) in [5, 5.41) is 1.94. The van der Waals surface area contributed by atoms with E-state index in [2.05, 4.69) is 0 Å². The summed E-state index contributed by atoms with van der Waals surface area (Å²) in [6.07, 6.45) is 0.795. The van der Waals surface area contributed by atoms with Crippen LogP contribution in [0.5, 0.6) is 0 Å². The number of rotatable bonds is 5. The van der Waals surface area contributed by atoms with E-state index in [1.54, 1.807) is 0 Å². The molecule has 5 nitrogen and oxygen atoms in total. The van der Waals surface area contributed by atoms with Crippen LogP contribution in [0.3, 0.4) is 0 Å². The third-order valence-electron chi connectivity index (χ3n) is 3.09. The van der Waals surface area contributed by atoms with Crippen molar-refractivity contribution in [3.8, 4) is 0 Å². The normalized spacial score (nSPS) is 11.2. The molecular weight excluding hydrogens is 364 g/mol. The van der Waals surface area contributed by atoms with E-state index in [1.807, 2.05) is 5.32 Å². The average molecular weight is 376 g/mol. The molecule has 2 aromatic carbocycles. The molecule has 0 aliphatic rings. The molecule has 0 saturated heterocycles. The van der Waals surface area contributed by atoms with Gasteiger partial charge in [0.25, 0.3) is 0 Å². The first-order valence-electron chi connectivity index (χ1n) is 6.76. The van der Waals surface area contributed by atoms with Crippen molar-refractivity contribution in [3.63, 3.8) is 0 Å². The van der Waals surface area contributed by atoms with E-state index in [0.29, 0.717) is 10.4 Å². The highest BCUT2D eigenvalue weighted by Crippen LogP contribution is 2.21. The number of hydrogen-bond donors (Lipinski definition) is 1. The Labute approximate surface area is 140 Å². The van der Waals surface area contributed by atoms with Gasteiger partial charge < -0.3 is 5.32 Å². The Morgan fingerprint density at radius 3 is 2.36 bits per heavy atom. The topological polar surface area (TPSA) is 66.5 Å². The highest BCUT2D eigenvalue weighted by atomic mass is 32.2. The molecule has 0 saturated carbocycles. The molecule has 0 heterocycles. The summed E-state index contributed by atoms with van der Waals surface area (Å²) in [7, 11) is -3.97. The predicted molar refractivity (Wildman–Crippen MR) is 83.5 cm³/mol. The van der Waals surface area contributed by atoms with E-state index in [1.165, 1.54) is 12.1 Å². The molecule has 25 heavy (non-hydrogen) atoms. The van der Waals surface area contributed by atoms with E-state index in [9.17, 15) is 30.8 Å². The molecule has 134 valence electrons. The van der Waals surface area contributed by atoms with E-state index in [4.69, 9.17) is 0 Å². The Hall–Kier alpha value is -2.62. The summed E-state index contributed by atoms with van der Waals surface area (Å²) in [5.41, 5.74) is -0.778. The molecule has 0 radical (unpaired) electrons. The summed E-state index contributed by atoms with van der Waals surface area (Å²) in [6, 6.07) is 5.88. The number of carbonyl (C=O) groups is 1. The molecule has 10 heteroatoms. The Kier molecular flexibility index (Phi) is 5.31. The highest BCUT2D eigenvalue weighted by molar-refractivity contribution is 7.92. The van der Waals surface area contributed by atoms with Crippen molar-refractivity contribution in [3.05, 3.63) is 59.7 Å². The molecule has 2 rings (SSSR count). The van der Waals surface area contributed by atoms with E-state index in [0.717, 1.165) is 24.5 Å². The van der Waals surface area contributed by atoms with Gasteiger partial charge in [-0.05, 0) is 30.3 Å². The lowest BCUT2D eigenvalue weighted by molar-refractivity contribution is -0.114. The fraction of sp³-hybridized carbons (Fsp3) is 0.133. The van der Waals surface area contributed by atoms with Gasteiger partial charge in [-0.1, -0.05) is 6.07 Å². The van der Waals surface area contributed by atoms with Gasteiger partial charge in [0, 0.05) is 0 Å². The van der Waals surface area contributed by atoms with Crippen LogP contribution in [-0.2, 0) is 14.8 Å². The molecular formula is C15H12F4N2O3S. The van der Waals surface area contributed by atoms with Gasteiger partial charge in [-0.25, -0.2) is 26.0 Å². The van der Waals surface area contributed by atoms with E-state index in [-0.39, 0.29) is 5.69 Å². The zero-order chi connectivity index (χ0) is 18.8. The minimum atomic E-state index is -3.97. The monoisotopic (exact) mass is 376 g/mol. The molecule has 0 unspecified atom stereocenters. The van der Waals surface area contributed by atoms with Gasteiger partial charge in [0.15, 0.2) is 17.5 Å². The van der Waals surface area contributed by atoms with Gasteiger partial charge in [-0.15, -0.1) is 0 Å². The number of carbonyl (C=O) groups excluding carboxylic acids is 1. The highest BCUT2D eigenvalue weighted by Gasteiger charge is 2.22. The Bertz CT molecular complexity index is 919. The Balaban J connectivity index is 2.25. The fourth-order valence-electron chi connectivity index (χ4n) is 1.97. The lowest BCUT2D eigenvalue weighted by atomic mass is 10.2. The predicted octanol–water partition coefficient (Wildman–Crippen LogP) is 2.65. The van der Waals surface area contributed by atoms with Gasteiger partial charge in [-0.2, -0.15) is 0 Å². The minimum Gasteiger partial charge on any atom is -0.322 e. The molecule has 1 amide bonds. The Morgan fingerprint density at radius 1 is 1.08 bits per heavy atom. The first-order chi connectivity index (χ1) is 11.6. The number of amides is 1. The lowest BCUT2D eigenvalue weighted by Gasteiger charge is -2.22. The number of benzene rings is 2. The Morgan fingerprint density at radius 2 is 1.76 bits per heavy atom. The fourth-order valence-corrected chi connectivity index (χ4v) is 2.82. The SMILES string of the molecule is CS(=O)(=O)N(CC(=O)Nc1ccc(F)c(F)c1F)c1cccc(F)c1. The third-order valence-corrected chi connectivity index (χ3v) is 4.23. The smallest absolute Gasteiger partial charge is 0.245 e. The maximum atomic E-state index is 13.6. The first-order valence-corrected chi connectivity index (χ1v) is 8.61. The van der Waals surface area contributed by atoms with Gasteiger partial charge in [0.05, 0.1) is 17.6 Å². The van der Waals surface area contributed by atoms with E-state index < -0.39 is 51.4 Å². The van der Waals surface area contributed by atoms with Crippen molar-refractivity contribution in [1.82, 2.24) is 0 Å². The maximum absolute atomic E-state index is 13.6. The molecule has 0 fully saturated rings. The maximum Gasteiger partial charge on any atom is 0.245 e. The van der Waals surface area contributed by atoms with E-state index >= 15 is 0 Å². The van der Waals surface area contributed by atoms with Crippen molar-refractivity contribution in [2.75, 3.05) is 22.4 Å². The first kappa shape index (κ1) is 18.7. The second kappa shape index (κ2) is 7.09. The van der Waals surface area contributed by atoms with Crippen LogP contribution in [0.1, 0.15) is 0 Å². The van der Waals surface area contributed by atoms with Crippen molar-refractivity contribution in [1.29, 1.82) is 0 Å². The number of nitrogens with one attached hydrogen (secondary N) is 1. The minimum absolute atomic E-state index is 0.122. The second-order valence-corrected chi connectivity index (χ2v) is 6.93. The van der Waals surface area contributed by atoms with Crippen molar-refractivity contribution in [2.24, 2.45) is 0 Å². The van der Waals surface area contributed by atoms with Gasteiger partial charge in [0.1, 0.15) is 12.4 Å². The largest absolute Gasteiger partial charge is 0.322 e. The number of anilines is 2. The van der Waals surface area contributed by atoms with Crippen molar-refractivity contribution in [2.45, 2.75) is 0 Å². The van der Waals surface area contributed by atoms with Gasteiger partial charge in [0.2, 0.25) is 15.9 Å². The molecule has 0 aromatic heterocycles. The number of halogens is 4. The van der Waals surface area contributed by atoms with Crippen LogP contribution in [0, 0.1) is 23.3 Å². The van der Waals surface area contributed by atoms with Crippen LogP contribution in [0.4, 0.5) is 28.9 Å². The molecule has 0 aliphatic heterocycles. The van der Waals surface area contributed by atoms with Crippen LogP contribution in [-0.4, -0.2) is 27.1 Å². The van der Waals surface area contributed by atoms with Crippen molar-refractivity contribution < 1.29 is 30.8 Å². The molecule has 0 bridgehead atoms. The lowest BCUT2D eigenvalue weighted by Crippen LogP contribution is -2.37. The standard InChI is InChI=1S/C15H12F4N2O3S/c1-25(23,24)21(10-4-2-3-9(16)7-10)8-13(22)20-12-6-5-11(17)14(18)15(12)19/h2-7H,8H2,1H3,(H,20,22). The van der Waals surface area contributed by atoms with Crippen LogP contribution in [0.25, 0.3) is 0 Å². The zero-order valence-electron chi connectivity index (χ0n) is 12.8. The van der Waals surface area contributed by atoms with Crippen LogP contribution >= 0.6 is 0 Å². The molecule has 2 aromatic rings. The van der Waals surface area contributed by atoms with Crippen LogP contribution in [0.15, 0.2) is 36.4 Å². The molecule has 0 atom stereocenters. The van der Waals surface area contributed by atoms with Gasteiger partial charge in [-0.3, -0.25) is 9.10 Å². The summed E-state index contributed by atoms with van der Waals surface area (Å²) in [5.74, 6) is -6.58. The zero-order valence-corrected chi connectivity index (χ0v) is 13.6. The quantitative estimate of drug-likeness (QED) is 0.645. The number of hydrogen-bond acceptors (Lipinski definition) is 3. The van der Waals surface area contributed by atoms with Crippen LogP contribution in [0.2, 0.25) is 0 Å². The summed E-state index contributed by atoms with van der Waals surface area (Å²) in [6.45, 7) is -0.819. The summed E-state index contributed by atoms with van der Waals surface area (Å²) < 4.78 is 77.1. The summed E-state index contributed by atoms with van der Waals surface area (Å²) in [4.78, 5) is 12.0. The second-order valence-electron chi connectivity index (χ2n) is 5.02. The van der Waals surface area contributed by atoms with Crippen molar-refractivity contribution >= 4 is 27.3 Å². The molecule has 0 spiro atoms.